The van der Waals surface area contributed by atoms with Crippen molar-refractivity contribution in [3.05, 3.63) is 0 Å². The van der Waals surface area contributed by atoms with Crippen LogP contribution in [0.5, 0.6) is 0 Å². The van der Waals surface area contributed by atoms with Gasteiger partial charge in [0.25, 0.3) is 0 Å². The van der Waals surface area contributed by atoms with Crippen molar-refractivity contribution in [3.8, 4) is 0 Å². The molecule has 2 aliphatic rings. The Kier molecular flexibility index (Phi) is 5.27. The fraction of sp³-hybridized carbons (Fsp3) is 1.00. The van der Waals surface area contributed by atoms with Crippen molar-refractivity contribution >= 4 is 0 Å². The number of likely N-dealkylation sites (tertiary alicyclic amines) is 1. The van der Waals surface area contributed by atoms with Gasteiger partial charge < -0.3 is 15.3 Å². The second kappa shape index (κ2) is 6.55. The Balaban J connectivity index is 1.64. The van der Waals surface area contributed by atoms with Gasteiger partial charge in [0, 0.05) is 12.1 Å². The van der Waals surface area contributed by atoms with Gasteiger partial charge in [-0.25, -0.2) is 0 Å². The molecule has 0 bridgehead atoms. The van der Waals surface area contributed by atoms with E-state index in [-0.39, 0.29) is 6.61 Å². The Hall–Kier alpha value is -0.120. The van der Waals surface area contributed by atoms with Crippen LogP contribution in [0.25, 0.3) is 0 Å². The highest BCUT2D eigenvalue weighted by Crippen LogP contribution is 2.34. The largest absolute Gasteiger partial charge is 0.395 e. The van der Waals surface area contributed by atoms with Gasteiger partial charge >= 0.3 is 0 Å². The SMILES string of the molecule is CC(C)(C)C1CCN(CCC(CO)NC2CC2)CC1. The zero-order chi connectivity index (χ0) is 13.9. The molecule has 1 unspecified atom stereocenters. The van der Waals surface area contributed by atoms with E-state index in [0.29, 0.717) is 17.5 Å². The predicted molar refractivity (Wildman–Crippen MR) is 80.3 cm³/mol. The van der Waals surface area contributed by atoms with Gasteiger partial charge in [0.05, 0.1) is 6.61 Å². The lowest BCUT2D eigenvalue weighted by atomic mass is 9.75. The Labute approximate surface area is 118 Å². The van der Waals surface area contributed by atoms with Gasteiger partial charge in [-0.05, 0) is 63.1 Å². The van der Waals surface area contributed by atoms with Crippen molar-refractivity contribution in [2.75, 3.05) is 26.2 Å². The molecule has 0 aromatic rings. The van der Waals surface area contributed by atoms with Crippen LogP contribution in [0.4, 0.5) is 0 Å². The molecule has 3 nitrogen and oxygen atoms in total. The molecule has 3 heteroatoms. The van der Waals surface area contributed by atoms with E-state index in [1.54, 1.807) is 0 Å². The van der Waals surface area contributed by atoms with Gasteiger partial charge in [0.2, 0.25) is 0 Å². The number of hydrogen-bond acceptors (Lipinski definition) is 3. The quantitative estimate of drug-likeness (QED) is 0.775. The van der Waals surface area contributed by atoms with E-state index in [1.807, 2.05) is 0 Å². The number of aliphatic hydroxyl groups excluding tert-OH is 1. The van der Waals surface area contributed by atoms with Gasteiger partial charge in [0.1, 0.15) is 0 Å². The topological polar surface area (TPSA) is 35.5 Å². The van der Waals surface area contributed by atoms with E-state index in [9.17, 15) is 5.11 Å². The van der Waals surface area contributed by atoms with Crippen molar-refractivity contribution < 1.29 is 5.11 Å². The maximum atomic E-state index is 9.40. The first-order chi connectivity index (χ1) is 8.99. The van der Waals surface area contributed by atoms with Crippen LogP contribution in [-0.2, 0) is 0 Å². The Morgan fingerprint density at radius 3 is 2.26 bits per heavy atom. The molecule has 19 heavy (non-hydrogen) atoms. The van der Waals surface area contributed by atoms with Crippen molar-refractivity contribution in [2.24, 2.45) is 11.3 Å². The van der Waals surface area contributed by atoms with Crippen LogP contribution in [0.3, 0.4) is 0 Å². The molecule has 0 amide bonds. The number of aliphatic hydroxyl groups is 1. The summed E-state index contributed by atoms with van der Waals surface area (Å²) in [4.78, 5) is 2.58. The standard InChI is InChI=1S/C16H32N2O/c1-16(2,3)13-6-9-18(10-7-13)11-8-15(12-19)17-14-4-5-14/h13-15,17,19H,4-12H2,1-3H3. The third-order valence-corrected chi connectivity index (χ3v) is 4.88. The molecule has 0 radical (unpaired) electrons. The number of rotatable bonds is 6. The van der Waals surface area contributed by atoms with E-state index in [1.165, 1.54) is 38.8 Å². The third kappa shape index (κ3) is 5.05. The molecule has 2 N–H and O–H groups in total. The second-order valence-corrected chi connectivity index (χ2v) is 7.59. The van der Waals surface area contributed by atoms with E-state index >= 15 is 0 Å². The minimum absolute atomic E-state index is 0.287. The summed E-state index contributed by atoms with van der Waals surface area (Å²) in [6, 6.07) is 1.01. The normalized spacial score (nSPS) is 24.6. The molecule has 1 heterocycles. The molecule has 1 aliphatic heterocycles. The fourth-order valence-corrected chi connectivity index (χ4v) is 3.17. The van der Waals surface area contributed by atoms with Gasteiger partial charge in [-0.2, -0.15) is 0 Å². The van der Waals surface area contributed by atoms with Gasteiger partial charge in [-0.3, -0.25) is 0 Å². The first kappa shape index (κ1) is 15.3. The zero-order valence-electron chi connectivity index (χ0n) is 13.0. The summed E-state index contributed by atoms with van der Waals surface area (Å²) in [7, 11) is 0. The van der Waals surface area contributed by atoms with Crippen LogP contribution >= 0.6 is 0 Å². The smallest absolute Gasteiger partial charge is 0.0585 e. The number of nitrogens with one attached hydrogen (secondary N) is 1. The van der Waals surface area contributed by atoms with E-state index in [2.05, 4.69) is 31.0 Å². The molecule has 2 rings (SSSR count). The number of hydrogen-bond donors (Lipinski definition) is 2. The van der Waals surface area contributed by atoms with Crippen LogP contribution in [0.1, 0.15) is 52.9 Å². The average molecular weight is 268 g/mol. The molecule has 0 aromatic heterocycles. The summed E-state index contributed by atoms with van der Waals surface area (Å²) < 4.78 is 0. The van der Waals surface area contributed by atoms with Gasteiger partial charge in [-0.1, -0.05) is 20.8 Å². The molecule has 1 atom stereocenters. The molecule has 1 saturated carbocycles. The highest BCUT2D eigenvalue weighted by atomic mass is 16.3. The highest BCUT2D eigenvalue weighted by molar-refractivity contribution is 4.86. The van der Waals surface area contributed by atoms with E-state index in [0.717, 1.165) is 18.9 Å². The minimum atomic E-state index is 0.287. The highest BCUT2D eigenvalue weighted by Gasteiger charge is 2.29. The van der Waals surface area contributed by atoms with Crippen molar-refractivity contribution in [2.45, 2.75) is 65.0 Å². The Bertz CT molecular complexity index is 262. The predicted octanol–water partition coefficient (Wildman–Crippen LogP) is 2.25. The monoisotopic (exact) mass is 268 g/mol. The number of nitrogens with zero attached hydrogens (tertiary/aromatic N) is 1. The van der Waals surface area contributed by atoms with E-state index in [4.69, 9.17) is 0 Å². The first-order valence-corrected chi connectivity index (χ1v) is 8.08. The van der Waals surface area contributed by atoms with Crippen LogP contribution in [0, 0.1) is 11.3 Å². The van der Waals surface area contributed by atoms with E-state index < -0.39 is 0 Å². The Morgan fingerprint density at radius 2 is 1.79 bits per heavy atom. The second-order valence-electron chi connectivity index (χ2n) is 7.59. The molecular formula is C16H32N2O. The minimum Gasteiger partial charge on any atom is -0.395 e. The molecule has 112 valence electrons. The fourth-order valence-electron chi connectivity index (χ4n) is 3.17. The van der Waals surface area contributed by atoms with Crippen LogP contribution in [-0.4, -0.2) is 48.3 Å². The molecule has 0 spiro atoms. The first-order valence-electron chi connectivity index (χ1n) is 8.08. The van der Waals surface area contributed by atoms with Gasteiger partial charge in [-0.15, -0.1) is 0 Å². The molecule has 0 aromatic carbocycles. The van der Waals surface area contributed by atoms with Crippen molar-refractivity contribution in [1.29, 1.82) is 0 Å². The lowest BCUT2D eigenvalue weighted by molar-refractivity contribution is 0.106. The Morgan fingerprint density at radius 1 is 1.16 bits per heavy atom. The summed E-state index contributed by atoms with van der Waals surface area (Å²) in [6.07, 6.45) is 6.36. The summed E-state index contributed by atoms with van der Waals surface area (Å²) in [5.74, 6) is 0.877. The lowest BCUT2D eigenvalue weighted by Crippen LogP contribution is -2.42. The summed E-state index contributed by atoms with van der Waals surface area (Å²) in [6.45, 7) is 11.0. The number of piperidine rings is 1. The summed E-state index contributed by atoms with van der Waals surface area (Å²) >= 11 is 0. The van der Waals surface area contributed by atoms with Crippen molar-refractivity contribution in [3.63, 3.8) is 0 Å². The maximum absolute atomic E-state index is 9.40. The van der Waals surface area contributed by atoms with Crippen molar-refractivity contribution in [1.82, 2.24) is 10.2 Å². The van der Waals surface area contributed by atoms with Crippen LogP contribution in [0.2, 0.25) is 0 Å². The van der Waals surface area contributed by atoms with Crippen LogP contribution in [0.15, 0.2) is 0 Å². The average Bonchev–Trinajstić information content (AvgIpc) is 3.18. The van der Waals surface area contributed by atoms with Crippen LogP contribution < -0.4 is 5.32 Å². The molecule has 2 fully saturated rings. The molecular weight excluding hydrogens is 236 g/mol. The maximum Gasteiger partial charge on any atom is 0.0585 e. The molecule has 1 saturated heterocycles. The molecule has 1 aliphatic carbocycles. The lowest BCUT2D eigenvalue weighted by Gasteiger charge is -2.39. The zero-order valence-corrected chi connectivity index (χ0v) is 13.0. The summed E-state index contributed by atoms with van der Waals surface area (Å²) in [5, 5.41) is 12.9. The summed E-state index contributed by atoms with van der Waals surface area (Å²) in [5.41, 5.74) is 0.466. The van der Waals surface area contributed by atoms with Gasteiger partial charge in [0.15, 0.2) is 0 Å². The third-order valence-electron chi connectivity index (χ3n) is 4.88.